The zero-order chi connectivity index (χ0) is 22.7. The molecule has 4 aromatic rings. The number of benzene rings is 3. The summed E-state index contributed by atoms with van der Waals surface area (Å²) < 4.78 is 41.4. The maximum Gasteiger partial charge on any atom is 0.308 e. The lowest BCUT2D eigenvalue weighted by Crippen LogP contribution is -2.12. The highest BCUT2D eigenvalue weighted by molar-refractivity contribution is 7.99. The molecular weight excluding hydrogens is 446 g/mol. The predicted molar refractivity (Wildman–Crippen MR) is 122 cm³/mol. The number of aryl methyl sites for hydroxylation is 1. The molecule has 0 aliphatic carbocycles. The van der Waals surface area contributed by atoms with Gasteiger partial charge < -0.3 is 9.15 Å². The van der Waals surface area contributed by atoms with Gasteiger partial charge in [0.05, 0.1) is 4.90 Å². The normalized spacial score (nSPS) is 12.1. The first-order valence-electron chi connectivity index (χ1n) is 9.68. The molecule has 0 aliphatic rings. The second kappa shape index (κ2) is 9.02. The maximum absolute atomic E-state index is 13.0. The summed E-state index contributed by atoms with van der Waals surface area (Å²) in [4.78, 5) is 12.7. The van der Waals surface area contributed by atoms with Crippen LogP contribution >= 0.6 is 11.8 Å². The Kier molecular flexibility index (Phi) is 6.16. The molecule has 0 fully saturated rings. The van der Waals surface area contributed by atoms with E-state index in [1.165, 1.54) is 30.8 Å². The smallest absolute Gasteiger partial charge is 0.308 e. The molecule has 162 valence electrons. The van der Waals surface area contributed by atoms with E-state index in [2.05, 4.69) is 4.40 Å². The lowest BCUT2D eigenvalue weighted by Gasteiger charge is -2.11. The Morgan fingerprint density at radius 2 is 1.53 bits per heavy atom. The number of esters is 1. The van der Waals surface area contributed by atoms with Gasteiger partial charge in [0.2, 0.25) is 10.6 Å². The van der Waals surface area contributed by atoms with E-state index in [0.717, 1.165) is 10.5 Å². The van der Waals surface area contributed by atoms with Crippen molar-refractivity contribution in [2.24, 2.45) is 4.40 Å². The minimum atomic E-state index is -4.03. The number of sulfonamides is 1. The second-order valence-corrected chi connectivity index (χ2v) is 9.61. The molecule has 1 heterocycles. The van der Waals surface area contributed by atoms with Crippen LogP contribution in [-0.2, 0) is 14.8 Å². The van der Waals surface area contributed by atoms with Gasteiger partial charge in [-0.2, -0.15) is 8.42 Å². The number of nitrogens with zero attached hydrogens (tertiary/aromatic N) is 1. The number of rotatable bonds is 5. The Labute approximate surface area is 189 Å². The van der Waals surface area contributed by atoms with Crippen LogP contribution in [0, 0.1) is 6.92 Å². The minimum absolute atomic E-state index is 0.0590. The lowest BCUT2D eigenvalue weighted by molar-refractivity contribution is -0.132. The average molecular weight is 466 g/mol. The van der Waals surface area contributed by atoms with Gasteiger partial charge in [0.25, 0.3) is 10.0 Å². The number of hydrogen-bond acceptors (Lipinski definition) is 6. The van der Waals surface area contributed by atoms with Gasteiger partial charge in [-0.15, -0.1) is 4.40 Å². The van der Waals surface area contributed by atoms with Gasteiger partial charge in [-0.05, 0) is 49.0 Å². The standard InChI is InChI=1S/C24H19NO5S2/c1-16-12-14-19(15-13-16)32(27,28)25-23-21-11-7-6-10-20(21)22(29-17(2)26)24(30-23)31-18-8-4-3-5-9-18/h3-15H,1-2H3/b25-23-. The fourth-order valence-corrected chi connectivity index (χ4v) is 4.82. The van der Waals surface area contributed by atoms with E-state index in [1.807, 2.05) is 37.3 Å². The highest BCUT2D eigenvalue weighted by Gasteiger charge is 2.20. The number of carbonyl (C=O) groups is 1. The van der Waals surface area contributed by atoms with Crippen LogP contribution < -0.4 is 10.3 Å². The van der Waals surface area contributed by atoms with Crippen LogP contribution in [0.25, 0.3) is 10.8 Å². The number of fused-ring (bicyclic) bond motifs is 1. The number of ether oxygens (including phenoxy) is 1. The van der Waals surface area contributed by atoms with Crippen molar-refractivity contribution in [2.45, 2.75) is 28.7 Å². The Morgan fingerprint density at radius 3 is 2.19 bits per heavy atom. The molecule has 0 amide bonds. The zero-order valence-corrected chi connectivity index (χ0v) is 18.9. The highest BCUT2D eigenvalue weighted by Crippen LogP contribution is 2.38. The van der Waals surface area contributed by atoms with Crippen molar-refractivity contribution in [1.82, 2.24) is 0 Å². The molecule has 0 saturated carbocycles. The van der Waals surface area contributed by atoms with Crippen LogP contribution in [0.1, 0.15) is 12.5 Å². The van der Waals surface area contributed by atoms with Gasteiger partial charge in [-0.3, -0.25) is 4.79 Å². The largest absolute Gasteiger partial charge is 0.426 e. The van der Waals surface area contributed by atoms with Crippen molar-refractivity contribution < 1.29 is 22.4 Å². The maximum atomic E-state index is 13.0. The van der Waals surface area contributed by atoms with E-state index >= 15 is 0 Å². The van der Waals surface area contributed by atoms with E-state index in [9.17, 15) is 13.2 Å². The van der Waals surface area contributed by atoms with Crippen LogP contribution in [0.4, 0.5) is 0 Å². The first kappa shape index (κ1) is 21.9. The average Bonchev–Trinajstić information content (AvgIpc) is 2.77. The summed E-state index contributed by atoms with van der Waals surface area (Å²) >= 11 is 1.21. The van der Waals surface area contributed by atoms with Crippen LogP contribution in [0.15, 0.2) is 103 Å². The Hall–Kier alpha value is -3.36. The van der Waals surface area contributed by atoms with Gasteiger partial charge >= 0.3 is 5.97 Å². The Balaban J connectivity index is 1.97. The van der Waals surface area contributed by atoms with Crippen molar-refractivity contribution in [3.8, 4) is 5.75 Å². The topological polar surface area (TPSA) is 85.9 Å². The summed E-state index contributed by atoms with van der Waals surface area (Å²) in [5.41, 5.74) is 0.849. The van der Waals surface area contributed by atoms with Crippen molar-refractivity contribution in [3.63, 3.8) is 0 Å². The first-order chi connectivity index (χ1) is 15.3. The fraction of sp³-hybridized carbons (Fsp3) is 0.0833. The monoisotopic (exact) mass is 465 g/mol. The molecule has 0 saturated heterocycles. The van der Waals surface area contributed by atoms with E-state index in [0.29, 0.717) is 10.8 Å². The zero-order valence-electron chi connectivity index (χ0n) is 17.3. The molecule has 6 nitrogen and oxygen atoms in total. The molecule has 0 unspecified atom stereocenters. The molecule has 0 radical (unpaired) electrons. The summed E-state index contributed by atoms with van der Waals surface area (Å²) in [5.74, 6) is -0.300. The highest BCUT2D eigenvalue weighted by atomic mass is 32.2. The molecular formula is C24H19NO5S2. The molecule has 0 N–H and O–H groups in total. The summed E-state index contributed by atoms with van der Waals surface area (Å²) in [6, 6.07) is 22.7. The molecule has 4 rings (SSSR count). The first-order valence-corrected chi connectivity index (χ1v) is 11.9. The van der Waals surface area contributed by atoms with Crippen molar-refractivity contribution in [1.29, 1.82) is 0 Å². The van der Waals surface area contributed by atoms with E-state index in [1.54, 1.807) is 36.4 Å². The molecule has 32 heavy (non-hydrogen) atoms. The molecule has 8 heteroatoms. The van der Waals surface area contributed by atoms with Crippen LogP contribution in [0.3, 0.4) is 0 Å². The summed E-state index contributed by atoms with van der Waals surface area (Å²) in [7, 11) is -4.03. The Bertz CT molecular complexity index is 1460. The van der Waals surface area contributed by atoms with Crippen molar-refractivity contribution in [3.05, 3.63) is 90.0 Å². The molecule has 1 aromatic heterocycles. The lowest BCUT2D eigenvalue weighted by atomic mass is 10.2. The van der Waals surface area contributed by atoms with Crippen molar-refractivity contribution >= 4 is 38.5 Å². The van der Waals surface area contributed by atoms with Crippen molar-refractivity contribution in [2.75, 3.05) is 0 Å². The SMILES string of the molecule is CC(=O)Oc1c(Sc2ccccc2)o/c(=N\S(=O)(=O)c2ccc(C)cc2)c2ccccc12. The van der Waals surface area contributed by atoms with E-state index in [-0.39, 0.29) is 21.3 Å². The van der Waals surface area contributed by atoms with Gasteiger partial charge in [0.15, 0.2) is 5.75 Å². The number of hydrogen-bond donors (Lipinski definition) is 0. The van der Waals surface area contributed by atoms with Gasteiger partial charge in [-0.25, -0.2) is 0 Å². The quantitative estimate of drug-likeness (QED) is 0.381. The van der Waals surface area contributed by atoms with Gasteiger partial charge in [0.1, 0.15) is 0 Å². The Morgan fingerprint density at radius 1 is 0.906 bits per heavy atom. The van der Waals surface area contributed by atoms with Gasteiger partial charge in [-0.1, -0.05) is 54.1 Å². The molecule has 0 spiro atoms. The van der Waals surface area contributed by atoms with Crippen LogP contribution in [0.5, 0.6) is 5.75 Å². The summed E-state index contributed by atoms with van der Waals surface area (Å²) in [6.45, 7) is 3.17. The molecule has 3 aromatic carbocycles. The summed E-state index contributed by atoms with van der Waals surface area (Å²) in [5, 5.41) is 1.16. The van der Waals surface area contributed by atoms with Crippen LogP contribution in [0.2, 0.25) is 0 Å². The predicted octanol–water partition coefficient (Wildman–Crippen LogP) is 5.11. The fourth-order valence-electron chi connectivity index (χ4n) is 3.01. The third-order valence-corrected chi connectivity index (χ3v) is 6.73. The third kappa shape index (κ3) is 4.76. The minimum Gasteiger partial charge on any atom is -0.426 e. The van der Waals surface area contributed by atoms with Crippen LogP contribution in [-0.4, -0.2) is 14.4 Å². The van der Waals surface area contributed by atoms with Gasteiger partial charge in [0, 0.05) is 22.6 Å². The summed E-state index contributed by atoms with van der Waals surface area (Å²) in [6.07, 6.45) is 0. The van der Waals surface area contributed by atoms with E-state index < -0.39 is 16.0 Å². The molecule has 0 atom stereocenters. The van der Waals surface area contributed by atoms with E-state index in [4.69, 9.17) is 9.15 Å². The third-order valence-electron chi connectivity index (χ3n) is 4.50. The molecule has 0 bridgehead atoms. The second-order valence-electron chi connectivity index (χ2n) is 6.96. The number of carbonyl (C=O) groups excluding carboxylic acids is 1. The molecule has 0 aliphatic heterocycles.